The number of carbonyl (C=O) groups is 1. The number of hydrogen-bond acceptors (Lipinski definition) is 4. The standard InChI is InChI=1S/C23H26N4O2.ClH/c1-29-19-11-5-7-16(13-19)22-20(15-27(26-22)18-9-3-2-4-10-18)23(28)25-21-12-6-8-17(21)14-24;/h2-5,7,9-11,13,15,17,21H,6,8,12,14,24H2,1H3,(H,25,28);1H. The molecule has 158 valence electrons. The van der Waals surface area contributed by atoms with E-state index in [4.69, 9.17) is 15.6 Å². The van der Waals surface area contributed by atoms with Crippen molar-refractivity contribution in [2.75, 3.05) is 13.7 Å². The molecule has 1 amide bonds. The summed E-state index contributed by atoms with van der Waals surface area (Å²) in [6, 6.07) is 17.5. The second kappa shape index (κ2) is 9.78. The fourth-order valence-electron chi connectivity index (χ4n) is 3.99. The monoisotopic (exact) mass is 426 g/mol. The van der Waals surface area contributed by atoms with Crippen LogP contribution >= 0.6 is 12.4 Å². The molecule has 2 unspecified atom stereocenters. The molecular formula is C23H27ClN4O2. The highest BCUT2D eigenvalue weighted by Gasteiger charge is 2.29. The fraction of sp³-hybridized carbons (Fsp3) is 0.304. The average Bonchev–Trinajstić information content (AvgIpc) is 3.41. The maximum atomic E-state index is 13.2. The quantitative estimate of drug-likeness (QED) is 0.627. The molecule has 1 aromatic heterocycles. The highest BCUT2D eigenvalue weighted by Crippen LogP contribution is 2.29. The summed E-state index contributed by atoms with van der Waals surface area (Å²) < 4.78 is 7.10. The van der Waals surface area contributed by atoms with Crippen molar-refractivity contribution in [3.05, 3.63) is 66.4 Å². The number of amides is 1. The molecule has 7 heteroatoms. The van der Waals surface area contributed by atoms with Gasteiger partial charge >= 0.3 is 0 Å². The first-order chi connectivity index (χ1) is 14.2. The van der Waals surface area contributed by atoms with Crippen molar-refractivity contribution in [1.29, 1.82) is 0 Å². The summed E-state index contributed by atoms with van der Waals surface area (Å²) in [4.78, 5) is 13.2. The van der Waals surface area contributed by atoms with Crippen LogP contribution in [-0.2, 0) is 0 Å². The van der Waals surface area contributed by atoms with Crippen molar-refractivity contribution in [3.8, 4) is 22.7 Å². The van der Waals surface area contributed by atoms with Crippen LogP contribution in [-0.4, -0.2) is 35.4 Å². The third kappa shape index (κ3) is 4.50. The Morgan fingerprint density at radius 1 is 1.20 bits per heavy atom. The summed E-state index contributed by atoms with van der Waals surface area (Å²) >= 11 is 0. The number of rotatable bonds is 6. The van der Waals surface area contributed by atoms with Gasteiger partial charge < -0.3 is 15.8 Å². The van der Waals surface area contributed by atoms with Crippen molar-refractivity contribution in [2.24, 2.45) is 11.7 Å². The Hall–Kier alpha value is -2.83. The second-order valence-corrected chi connectivity index (χ2v) is 7.41. The normalized spacial score (nSPS) is 17.9. The smallest absolute Gasteiger partial charge is 0.255 e. The highest BCUT2D eigenvalue weighted by molar-refractivity contribution is 6.00. The number of benzene rings is 2. The predicted molar refractivity (Wildman–Crippen MR) is 120 cm³/mol. The lowest BCUT2D eigenvalue weighted by atomic mass is 10.0. The molecule has 0 saturated heterocycles. The summed E-state index contributed by atoms with van der Waals surface area (Å²) in [5.74, 6) is 0.945. The van der Waals surface area contributed by atoms with Crippen LogP contribution < -0.4 is 15.8 Å². The first-order valence-corrected chi connectivity index (χ1v) is 10.00. The number of aromatic nitrogens is 2. The van der Waals surface area contributed by atoms with Gasteiger partial charge in [-0.15, -0.1) is 12.4 Å². The maximum Gasteiger partial charge on any atom is 0.255 e. The molecule has 2 atom stereocenters. The molecule has 6 nitrogen and oxygen atoms in total. The van der Waals surface area contributed by atoms with Gasteiger partial charge in [0.2, 0.25) is 0 Å². The summed E-state index contributed by atoms with van der Waals surface area (Å²) in [6.45, 7) is 0.594. The number of methoxy groups -OCH3 is 1. The largest absolute Gasteiger partial charge is 0.497 e. The Balaban J connectivity index is 0.00000256. The molecule has 2 aromatic carbocycles. The van der Waals surface area contributed by atoms with Gasteiger partial charge in [0.15, 0.2) is 0 Å². The number of ether oxygens (including phenoxy) is 1. The molecule has 1 aliphatic rings. The van der Waals surface area contributed by atoms with E-state index in [-0.39, 0.29) is 24.4 Å². The summed E-state index contributed by atoms with van der Waals surface area (Å²) in [5.41, 5.74) is 8.81. The second-order valence-electron chi connectivity index (χ2n) is 7.41. The van der Waals surface area contributed by atoms with Gasteiger partial charge in [0.1, 0.15) is 11.4 Å². The third-order valence-electron chi connectivity index (χ3n) is 5.60. The Kier molecular flexibility index (Phi) is 7.13. The van der Waals surface area contributed by atoms with E-state index in [1.54, 1.807) is 18.0 Å². The van der Waals surface area contributed by atoms with Gasteiger partial charge in [-0.3, -0.25) is 4.79 Å². The Morgan fingerprint density at radius 2 is 2.00 bits per heavy atom. The number of nitrogens with zero attached hydrogens (tertiary/aromatic N) is 2. The zero-order valence-electron chi connectivity index (χ0n) is 17.0. The lowest BCUT2D eigenvalue weighted by Crippen LogP contribution is -2.39. The minimum absolute atomic E-state index is 0. The number of halogens is 1. The first kappa shape index (κ1) is 21.9. The van der Waals surface area contributed by atoms with E-state index in [1.165, 1.54) is 0 Å². The van der Waals surface area contributed by atoms with Crippen LogP contribution in [0.25, 0.3) is 16.9 Å². The number of carbonyl (C=O) groups excluding carboxylic acids is 1. The zero-order chi connectivity index (χ0) is 20.2. The number of para-hydroxylation sites is 1. The van der Waals surface area contributed by atoms with Crippen molar-refractivity contribution < 1.29 is 9.53 Å². The molecule has 1 heterocycles. The van der Waals surface area contributed by atoms with Crippen molar-refractivity contribution >= 4 is 18.3 Å². The number of nitrogens with two attached hydrogens (primary N) is 1. The summed E-state index contributed by atoms with van der Waals surface area (Å²) in [7, 11) is 1.63. The van der Waals surface area contributed by atoms with E-state index in [2.05, 4.69) is 5.32 Å². The van der Waals surface area contributed by atoms with Crippen molar-refractivity contribution in [2.45, 2.75) is 25.3 Å². The average molecular weight is 427 g/mol. The maximum absolute atomic E-state index is 13.2. The van der Waals surface area contributed by atoms with Gasteiger partial charge in [0.25, 0.3) is 5.91 Å². The molecule has 1 fully saturated rings. The van der Waals surface area contributed by atoms with E-state index < -0.39 is 0 Å². The van der Waals surface area contributed by atoms with Gasteiger partial charge in [0.05, 0.1) is 18.4 Å². The van der Waals surface area contributed by atoms with Crippen LogP contribution in [0.1, 0.15) is 29.6 Å². The van der Waals surface area contributed by atoms with E-state index in [0.29, 0.717) is 23.7 Å². The Bertz CT molecular complexity index is 990. The van der Waals surface area contributed by atoms with Crippen LogP contribution in [0.15, 0.2) is 60.8 Å². The van der Waals surface area contributed by atoms with Gasteiger partial charge in [-0.1, -0.05) is 36.8 Å². The van der Waals surface area contributed by atoms with E-state index in [9.17, 15) is 4.79 Å². The van der Waals surface area contributed by atoms with Gasteiger partial charge in [0, 0.05) is 17.8 Å². The molecular weight excluding hydrogens is 400 g/mol. The molecule has 3 aromatic rings. The van der Waals surface area contributed by atoms with Gasteiger partial charge in [-0.05, 0) is 49.6 Å². The minimum atomic E-state index is -0.115. The Labute approximate surface area is 182 Å². The molecule has 0 bridgehead atoms. The lowest BCUT2D eigenvalue weighted by Gasteiger charge is -2.19. The van der Waals surface area contributed by atoms with E-state index in [1.807, 2.05) is 54.6 Å². The van der Waals surface area contributed by atoms with Crippen LogP contribution in [0.3, 0.4) is 0 Å². The molecule has 0 radical (unpaired) electrons. The van der Waals surface area contributed by atoms with Gasteiger partial charge in [-0.25, -0.2) is 4.68 Å². The van der Waals surface area contributed by atoms with Crippen LogP contribution in [0.2, 0.25) is 0 Å². The molecule has 30 heavy (non-hydrogen) atoms. The molecule has 4 rings (SSSR count). The van der Waals surface area contributed by atoms with Gasteiger partial charge in [-0.2, -0.15) is 5.10 Å². The summed E-state index contributed by atoms with van der Waals surface area (Å²) in [6.07, 6.45) is 4.92. The lowest BCUT2D eigenvalue weighted by molar-refractivity contribution is 0.0929. The van der Waals surface area contributed by atoms with E-state index in [0.717, 1.165) is 36.3 Å². The zero-order valence-corrected chi connectivity index (χ0v) is 17.8. The molecule has 3 N–H and O–H groups in total. The molecule has 1 saturated carbocycles. The van der Waals surface area contributed by atoms with Crippen molar-refractivity contribution in [1.82, 2.24) is 15.1 Å². The van der Waals surface area contributed by atoms with Crippen LogP contribution in [0.5, 0.6) is 5.75 Å². The molecule has 0 aliphatic heterocycles. The minimum Gasteiger partial charge on any atom is -0.497 e. The highest BCUT2D eigenvalue weighted by atomic mass is 35.5. The molecule has 1 aliphatic carbocycles. The van der Waals surface area contributed by atoms with Crippen LogP contribution in [0, 0.1) is 5.92 Å². The third-order valence-corrected chi connectivity index (χ3v) is 5.60. The fourth-order valence-corrected chi connectivity index (χ4v) is 3.99. The number of hydrogen-bond donors (Lipinski definition) is 2. The predicted octanol–water partition coefficient (Wildman–Crippen LogP) is 3.83. The van der Waals surface area contributed by atoms with E-state index >= 15 is 0 Å². The molecule has 0 spiro atoms. The first-order valence-electron chi connectivity index (χ1n) is 10.00. The van der Waals surface area contributed by atoms with Crippen molar-refractivity contribution in [3.63, 3.8) is 0 Å². The number of nitrogens with one attached hydrogen (secondary N) is 1. The topological polar surface area (TPSA) is 82.2 Å². The summed E-state index contributed by atoms with van der Waals surface area (Å²) in [5, 5.41) is 7.93. The van der Waals surface area contributed by atoms with Crippen LogP contribution in [0.4, 0.5) is 0 Å². The Morgan fingerprint density at radius 3 is 2.73 bits per heavy atom. The SMILES string of the molecule is COc1cccc(-c2nn(-c3ccccc3)cc2C(=O)NC2CCCC2CN)c1.Cl.